The molecule has 0 heterocycles. The van der Waals surface area contributed by atoms with Crippen LogP contribution in [0.2, 0.25) is 0 Å². The Morgan fingerprint density at radius 2 is 1.90 bits per heavy atom. The second-order valence-electron chi connectivity index (χ2n) is 5.73. The molecule has 1 aromatic rings. The number of carbonyl (C=O) groups excluding carboxylic acids is 1. The van der Waals surface area contributed by atoms with E-state index in [-0.39, 0.29) is 23.9 Å². The van der Waals surface area contributed by atoms with Crippen molar-refractivity contribution in [3.63, 3.8) is 0 Å². The first-order valence-corrected chi connectivity index (χ1v) is 7.28. The van der Waals surface area contributed by atoms with Crippen LogP contribution in [-0.4, -0.2) is 39.6 Å². The van der Waals surface area contributed by atoms with Crippen LogP contribution in [0.4, 0.5) is 0 Å². The number of carboxylic acids is 1. The third-order valence-corrected chi connectivity index (χ3v) is 3.92. The summed E-state index contributed by atoms with van der Waals surface area (Å²) < 4.78 is 0. The van der Waals surface area contributed by atoms with E-state index in [9.17, 15) is 14.7 Å². The van der Waals surface area contributed by atoms with Crippen molar-refractivity contribution in [2.24, 2.45) is 0 Å². The molecular weight excluding hydrogens is 270 g/mol. The van der Waals surface area contributed by atoms with Crippen LogP contribution in [-0.2, 0) is 17.6 Å². The number of phenols is 1. The molecule has 21 heavy (non-hydrogen) atoms. The van der Waals surface area contributed by atoms with Crippen molar-refractivity contribution >= 4 is 11.9 Å². The van der Waals surface area contributed by atoms with Gasteiger partial charge in [-0.25, -0.2) is 0 Å². The maximum absolute atomic E-state index is 12.5. The minimum absolute atomic E-state index is 0.0215. The van der Waals surface area contributed by atoms with E-state index in [4.69, 9.17) is 5.11 Å². The van der Waals surface area contributed by atoms with E-state index >= 15 is 0 Å². The Bertz CT molecular complexity index is 566. The first-order valence-electron chi connectivity index (χ1n) is 7.28. The molecule has 0 aliphatic heterocycles. The van der Waals surface area contributed by atoms with Crippen molar-refractivity contribution in [3.05, 3.63) is 28.8 Å². The SMILES string of the molecule is CC(C)N(CC(=O)O)C(=O)c1ccc2c(c1O)CCCC2. The summed E-state index contributed by atoms with van der Waals surface area (Å²) in [4.78, 5) is 24.7. The summed E-state index contributed by atoms with van der Waals surface area (Å²) in [6.45, 7) is 3.15. The summed E-state index contributed by atoms with van der Waals surface area (Å²) in [5, 5.41) is 19.3. The highest BCUT2D eigenvalue weighted by molar-refractivity contribution is 5.99. The van der Waals surface area contributed by atoms with Crippen molar-refractivity contribution < 1.29 is 19.8 Å². The predicted molar refractivity (Wildman–Crippen MR) is 78.6 cm³/mol. The standard InChI is InChI=1S/C16H21NO4/c1-10(2)17(9-14(18)19)16(21)13-8-7-11-5-3-4-6-12(11)15(13)20/h7-8,10,20H,3-6,9H2,1-2H3,(H,18,19). The van der Waals surface area contributed by atoms with E-state index in [1.54, 1.807) is 19.9 Å². The van der Waals surface area contributed by atoms with Crippen LogP contribution in [0.3, 0.4) is 0 Å². The molecule has 0 spiro atoms. The lowest BCUT2D eigenvalue weighted by molar-refractivity contribution is -0.138. The van der Waals surface area contributed by atoms with Crippen LogP contribution in [0.1, 0.15) is 48.2 Å². The molecule has 0 aromatic heterocycles. The number of carbonyl (C=O) groups is 2. The number of carboxylic acid groups (broad SMARTS) is 1. The van der Waals surface area contributed by atoms with Gasteiger partial charge in [-0.05, 0) is 56.7 Å². The number of hydrogen-bond acceptors (Lipinski definition) is 3. The number of fused-ring (bicyclic) bond motifs is 1. The average molecular weight is 291 g/mol. The highest BCUT2D eigenvalue weighted by atomic mass is 16.4. The third kappa shape index (κ3) is 3.17. The zero-order valence-electron chi connectivity index (χ0n) is 12.4. The quantitative estimate of drug-likeness (QED) is 0.891. The van der Waals surface area contributed by atoms with Gasteiger partial charge in [0.05, 0.1) is 5.56 Å². The van der Waals surface area contributed by atoms with Crippen LogP contribution in [0, 0.1) is 0 Å². The number of aryl methyl sites for hydroxylation is 1. The van der Waals surface area contributed by atoms with Gasteiger partial charge in [0.2, 0.25) is 0 Å². The lowest BCUT2D eigenvalue weighted by atomic mass is 9.89. The minimum atomic E-state index is -1.06. The van der Waals surface area contributed by atoms with E-state index in [1.165, 1.54) is 4.90 Å². The van der Waals surface area contributed by atoms with Gasteiger partial charge in [-0.15, -0.1) is 0 Å². The van der Waals surface area contributed by atoms with Gasteiger partial charge in [-0.2, -0.15) is 0 Å². The minimum Gasteiger partial charge on any atom is -0.507 e. The van der Waals surface area contributed by atoms with E-state index in [0.717, 1.165) is 36.8 Å². The monoisotopic (exact) mass is 291 g/mol. The molecule has 2 N–H and O–H groups in total. The Kier molecular flexibility index (Phi) is 4.50. The van der Waals surface area contributed by atoms with Gasteiger partial charge in [-0.1, -0.05) is 6.07 Å². The van der Waals surface area contributed by atoms with Crippen LogP contribution < -0.4 is 0 Å². The molecule has 5 heteroatoms. The Morgan fingerprint density at radius 1 is 1.24 bits per heavy atom. The average Bonchev–Trinajstić information content (AvgIpc) is 2.44. The maximum Gasteiger partial charge on any atom is 0.323 e. The zero-order valence-corrected chi connectivity index (χ0v) is 12.4. The van der Waals surface area contributed by atoms with E-state index in [0.29, 0.717) is 0 Å². The van der Waals surface area contributed by atoms with Crippen molar-refractivity contribution in [3.8, 4) is 5.75 Å². The number of aliphatic carboxylic acids is 1. The van der Waals surface area contributed by atoms with Gasteiger partial charge >= 0.3 is 5.97 Å². The number of amides is 1. The second-order valence-corrected chi connectivity index (χ2v) is 5.73. The second kappa shape index (κ2) is 6.16. The summed E-state index contributed by atoms with van der Waals surface area (Å²) >= 11 is 0. The number of phenolic OH excluding ortho intramolecular Hbond substituents is 1. The molecule has 114 valence electrons. The topological polar surface area (TPSA) is 77.8 Å². The first kappa shape index (κ1) is 15.4. The molecule has 0 radical (unpaired) electrons. The first-order chi connectivity index (χ1) is 9.91. The number of aromatic hydroxyl groups is 1. The van der Waals surface area contributed by atoms with Crippen LogP contribution >= 0.6 is 0 Å². The fraction of sp³-hybridized carbons (Fsp3) is 0.500. The normalized spacial score (nSPS) is 13.9. The molecule has 1 aromatic carbocycles. The molecule has 0 bridgehead atoms. The van der Waals surface area contributed by atoms with Crippen molar-refractivity contribution in [1.82, 2.24) is 4.90 Å². The lowest BCUT2D eigenvalue weighted by Gasteiger charge is -2.26. The van der Waals surface area contributed by atoms with Crippen molar-refractivity contribution in [2.45, 2.75) is 45.6 Å². The molecule has 0 fully saturated rings. The fourth-order valence-corrected chi connectivity index (χ4v) is 2.77. The highest BCUT2D eigenvalue weighted by Gasteiger charge is 2.26. The molecule has 2 rings (SSSR count). The van der Waals surface area contributed by atoms with Crippen LogP contribution in [0.5, 0.6) is 5.75 Å². The maximum atomic E-state index is 12.5. The van der Waals surface area contributed by atoms with Gasteiger partial charge in [-0.3, -0.25) is 9.59 Å². The highest BCUT2D eigenvalue weighted by Crippen LogP contribution is 2.32. The Labute approximate surface area is 124 Å². The van der Waals surface area contributed by atoms with Gasteiger partial charge in [0.25, 0.3) is 5.91 Å². The smallest absolute Gasteiger partial charge is 0.323 e. The third-order valence-electron chi connectivity index (χ3n) is 3.92. The largest absolute Gasteiger partial charge is 0.507 e. The van der Waals surface area contributed by atoms with Crippen molar-refractivity contribution in [1.29, 1.82) is 0 Å². The van der Waals surface area contributed by atoms with Gasteiger partial charge in [0.15, 0.2) is 0 Å². The van der Waals surface area contributed by atoms with E-state index in [2.05, 4.69) is 0 Å². The van der Waals surface area contributed by atoms with E-state index in [1.807, 2.05) is 6.07 Å². The Balaban J connectivity index is 2.36. The summed E-state index contributed by atoms with van der Waals surface area (Å²) in [6, 6.07) is 3.24. The van der Waals surface area contributed by atoms with Crippen molar-refractivity contribution in [2.75, 3.05) is 6.54 Å². The predicted octanol–water partition coefficient (Wildman–Crippen LogP) is 2.21. The molecule has 0 saturated carbocycles. The van der Waals surface area contributed by atoms with Crippen LogP contribution in [0.15, 0.2) is 12.1 Å². The van der Waals surface area contributed by atoms with Crippen LogP contribution in [0.25, 0.3) is 0 Å². The molecule has 1 aliphatic carbocycles. The molecule has 1 aliphatic rings. The number of hydrogen-bond donors (Lipinski definition) is 2. The molecule has 0 unspecified atom stereocenters. The zero-order chi connectivity index (χ0) is 15.6. The van der Waals surface area contributed by atoms with Gasteiger partial charge < -0.3 is 15.1 Å². The Morgan fingerprint density at radius 3 is 2.52 bits per heavy atom. The van der Waals surface area contributed by atoms with Gasteiger partial charge in [0.1, 0.15) is 12.3 Å². The lowest BCUT2D eigenvalue weighted by Crippen LogP contribution is -2.40. The molecule has 0 atom stereocenters. The number of benzene rings is 1. The fourth-order valence-electron chi connectivity index (χ4n) is 2.77. The Hall–Kier alpha value is -2.04. The van der Waals surface area contributed by atoms with Gasteiger partial charge in [0, 0.05) is 6.04 Å². The molecule has 0 saturated heterocycles. The number of rotatable bonds is 4. The molecule has 1 amide bonds. The summed E-state index contributed by atoms with van der Waals surface area (Å²) in [6.07, 6.45) is 3.78. The molecule has 5 nitrogen and oxygen atoms in total. The molecular formula is C16H21NO4. The summed E-state index contributed by atoms with van der Waals surface area (Å²) in [5.41, 5.74) is 2.13. The number of nitrogens with zero attached hydrogens (tertiary/aromatic N) is 1. The van der Waals surface area contributed by atoms with E-state index < -0.39 is 11.9 Å². The summed E-state index contributed by atoms with van der Waals surface area (Å²) in [5.74, 6) is -1.47. The summed E-state index contributed by atoms with van der Waals surface area (Å²) in [7, 11) is 0.